The minimum Gasteiger partial charge on any atom is -0.332 e. The molecule has 0 radical (unpaired) electrons. The molecule has 3 heterocycles. The molecule has 6 heteroatoms. The highest BCUT2D eigenvalue weighted by Crippen LogP contribution is 2.23. The van der Waals surface area contributed by atoms with Crippen LogP contribution in [0.15, 0.2) is 39.2 Å². The Bertz CT molecular complexity index is 810. The van der Waals surface area contributed by atoms with Crippen molar-refractivity contribution in [2.24, 2.45) is 0 Å². The van der Waals surface area contributed by atoms with Gasteiger partial charge in [-0.2, -0.15) is 0 Å². The number of amides is 1. The third kappa shape index (κ3) is 2.63. The first-order valence-electron chi connectivity index (χ1n) is 6.68. The van der Waals surface area contributed by atoms with E-state index in [1.807, 2.05) is 0 Å². The second-order valence-corrected chi connectivity index (χ2v) is 6.06. The Labute approximate surface area is 129 Å². The van der Waals surface area contributed by atoms with Crippen molar-refractivity contribution in [1.82, 2.24) is 14.9 Å². The van der Waals surface area contributed by atoms with Gasteiger partial charge < -0.3 is 9.88 Å². The number of carbonyl (C=O) groups excluding carboxylic acids is 1. The van der Waals surface area contributed by atoms with Gasteiger partial charge in [-0.15, -0.1) is 0 Å². The number of carbonyl (C=O) groups is 1. The van der Waals surface area contributed by atoms with E-state index in [-0.39, 0.29) is 11.5 Å². The Morgan fingerprint density at radius 3 is 2.95 bits per heavy atom. The molecule has 5 nitrogen and oxygen atoms in total. The third-order valence-corrected chi connectivity index (χ3v) is 4.61. The van der Waals surface area contributed by atoms with Crippen molar-refractivity contribution in [3.63, 3.8) is 0 Å². The molecule has 0 aromatic carbocycles. The summed E-state index contributed by atoms with van der Waals surface area (Å²) in [6, 6.07) is 4.96. The number of halogens is 1. The van der Waals surface area contributed by atoms with Gasteiger partial charge in [0.25, 0.3) is 11.5 Å². The second-order valence-electron chi connectivity index (χ2n) is 5.10. The van der Waals surface area contributed by atoms with Crippen LogP contribution in [0, 0.1) is 0 Å². The Balaban J connectivity index is 1.94. The number of aromatic amines is 1. The summed E-state index contributed by atoms with van der Waals surface area (Å²) in [6.07, 6.45) is 2.40. The van der Waals surface area contributed by atoms with Gasteiger partial charge in [-0.3, -0.25) is 9.59 Å². The Hall–Kier alpha value is -1.95. The third-order valence-electron chi connectivity index (χ3n) is 3.68. The van der Waals surface area contributed by atoms with Crippen LogP contribution >= 0.6 is 15.9 Å². The normalized spacial score (nSPS) is 15.6. The van der Waals surface area contributed by atoms with Gasteiger partial charge in [-0.05, 0) is 31.5 Å². The molecule has 1 aliphatic heterocycles. The average molecular weight is 348 g/mol. The quantitative estimate of drug-likeness (QED) is 0.861. The van der Waals surface area contributed by atoms with Crippen molar-refractivity contribution >= 4 is 32.7 Å². The predicted molar refractivity (Wildman–Crippen MR) is 84.5 cm³/mol. The lowest BCUT2D eigenvalue weighted by atomic mass is 10.1. The molecule has 21 heavy (non-hydrogen) atoms. The first-order chi connectivity index (χ1) is 10.1. The standard InChI is InChI=1S/C15H14BrN3O2/c1-9-5-7-19(8-11(9)16)15(21)13-3-2-10-12(18-13)4-6-17-14(10)20/h2-4,6H,5,7-8H2,1H3,(H,17,20). The van der Waals surface area contributed by atoms with E-state index in [0.29, 0.717) is 29.7 Å². The maximum absolute atomic E-state index is 12.5. The monoisotopic (exact) mass is 347 g/mol. The van der Waals surface area contributed by atoms with Gasteiger partial charge in [-0.1, -0.05) is 21.5 Å². The molecule has 0 aliphatic carbocycles. The van der Waals surface area contributed by atoms with Crippen LogP contribution in [0.1, 0.15) is 23.8 Å². The molecular formula is C15H14BrN3O2. The van der Waals surface area contributed by atoms with Crippen molar-refractivity contribution in [1.29, 1.82) is 0 Å². The summed E-state index contributed by atoms with van der Waals surface area (Å²) in [5.41, 5.74) is 1.98. The molecule has 108 valence electrons. The molecule has 3 rings (SSSR count). The summed E-state index contributed by atoms with van der Waals surface area (Å²) in [5, 5.41) is 0.490. The van der Waals surface area contributed by atoms with E-state index in [9.17, 15) is 9.59 Å². The van der Waals surface area contributed by atoms with E-state index in [0.717, 1.165) is 10.9 Å². The first-order valence-corrected chi connectivity index (χ1v) is 7.47. The molecule has 0 unspecified atom stereocenters. The average Bonchev–Trinajstić information content (AvgIpc) is 2.49. The topological polar surface area (TPSA) is 66.1 Å². The highest BCUT2D eigenvalue weighted by molar-refractivity contribution is 9.11. The number of pyridine rings is 2. The summed E-state index contributed by atoms with van der Waals surface area (Å²) >= 11 is 3.50. The van der Waals surface area contributed by atoms with Gasteiger partial charge in [0, 0.05) is 17.2 Å². The molecule has 0 atom stereocenters. The predicted octanol–water partition coefficient (Wildman–Crippen LogP) is 2.44. The van der Waals surface area contributed by atoms with Crippen LogP contribution in [0.2, 0.25) is 0 Å². The molecule has 0 spiro atoms. The van der Waals surface area contributed by atoms with Gasteiger partial charge in [0.1, 0.15) is 5.69 Å². The van der Waals surface area contributed by atoms with Crippen LogP contribution in [-0.4, -0.2) is 33.9 Å². The van der Waals surface area contributed by atoms with Gasteiger partial charge >= 0.3 is 0 Å². The summed E-state index contributed by atoms with van der Waals surface area (Å²) in [7, 11) is 0. The smallest absolute Gasteiger partial charge is 0.272 e. The zero-order valence-electron chi connectivity index (χ0n) is 11.5. The number of aromatic nitrogens is 2. The first kappa shape index (κ1) is 14.0. The fraction of sp³-hybridized carbons (Fsp3) is 0.267. The Morgan fingerprint density at radius 1 is 1.38 bits per heavy atom. The molecule has 0 saturated carbocycles. The maximum atomic E-state index is 12.5. The molecule has 0 fully saturated rings. The Kier molecular flexibility index (Phi) is 3.63. The highest BCUT2D eigenvalue weighted by atomic mass is 79.9. The number of nitrogens with one attached hydrogen (secondary N) is 1. The number of nitrogens with zero attached hydrogens (tertiary/aromatic N) is 2. The summed E-state index contributed by atoms with van der Waals surface area (Å²) in [5.74, 6) is -0.110. The van der Waals surface area contributed by atoms with Crippen LogP contribution in [0.4, 0.5) is 0 Å². The number of hydrogen-bond donors (Lipinski definition) is 1. The van der Waals surface area contributed by atoms with Crippen molar-refractivity contribution in [3.8, 4) is 0 Å². The molecular weight excluding hydrogens is 334 g/mol. The number of H-pyrrole nitrogens is 1. The lowest BCUT2D eigenvalue weighted by Gasteiger charge is -2.27. The summed E-state index contributed by atoms with van der Waals surface area (Å²) in [6.45, 7) is 3.32. The van der Waals surface area contributed by atoms with E-state index in [1.54, 1.807) is 23.1 Å². The number of hydrogen-bond acceptors (Lipinski definition) is 3. The maximum Gasteiger partial charge on any atom is 0.272 e. The molecule has 0 bridgehead atoms. The molecule has 1 aliphatic rings. The molecule has 1 amide bonds. The zero-order valence-corrected chi connectivity index (χ0v) is 13.1. The van der Waals surface area contributed by atoms with Crippen LogP contribution in [0.5, 0.6) is 0 Å². The molecule has 2 aromatic rings. The highest BCUT2D eigenvalue weighted by Gasteiger charge is 2.22. The van der Waals surface area contributed by atoms with Crippen LogP contribution < -0.4 is 5.56 Å². The molecule has 2 aromatic heterocycles. The van der Waals surface area contributed by atoms with E-state index >= 15 is 0 Å². The van der Waals surface area contributed by atoms with E-state index in [2.05, 4.69) is 32.8 Å². The fourth-order valence-corrected chi connectivity index (χ4v) is 2.84. The molecule has 0 saturated heterocycles. The fourth-order valence-electron chi connectivity index (χ4n) is 2.34. The SMILES string of the molecule is CC1=C(Br)CN(C(=O)c2ccc3c(=O)[nH]ccc3n2)CC1. The van der Waals surface area contributed by atoms with Crippen molar-refractivity contribution in [2.45, 2.75) is 13.3 Å². The minimum absolute atomic E-state index is 0.110. The van der Waals surface area contributed by atoms with Crippen LogP contribution in [0.25, 0.3) is 10.9 Å². The van der Waals surface area contributed by atoms with Gasteiger partial charge in [0.15, 0.2) is 0 Å². The lowest BCUT2D eigenvalue weighted by molar-refractivity contribution is 0.0762. The van der Waals surface area contributed by atoms with E-state index in [1.165, 1.54) is 11.8 Å². The van der Waals surface area contributed by atoms with Crippen molar-refractivity contribution in [2.75, 3.05) is 13.1 Å². The van der Waals surface area contributed by atoms with Gasteiger partial charge in [-0.25, -0.2) is 4.98 Å². The summed E-state index contributed by atoms with van der Waals surface area (Å²) < 4.78 is 1.05. The van der Waals surface area contributed by atoms with Crippen LogP contribution in [-0.2, 0) is 0 Å². The van der Waals surface area contributed by atoms with Gasteiger partial charge in [0.05, 0.1) is 17.4 Å². The molecule has 1 N–H and O–H groups in total. The van der Waals surface area contributed by atoms with E-state index < -0.39 is 0 Å². The Morgan fingerprint density at radius 2 is 2.19 bits per heavy atom. The lowest BCUT2D eigenvalue weighted by Crippen LogP contribution is -2.36. The number of fused-ring (bicyclic) bond motifs is 1. The summed E-state index contributed by atoms with van der Waals surface area (Å²) in [4.78, 5) is 32.8. The zero-order chi connectivity index (χ0) is 15.0. The second kappa shape index (κ2) is 5.44. The van der Waals surface area contributed by atoms with Crippen LogP contribution in [0.3, 0.4) is 0 Å². The van der Waals surface area contributed by atoms with E-state index in [4.69, 9.17) is 0 Å². The van der Waals surface area contributed by atoms with Crippen molar-refractivity contribution in [3.05, 3.63) is 50.5 Å². The number of rotatable bonds is 1. The largest absolute Gasteiger partial charge is 0.332 e. The van der Waals surface area contributed by atoms with Crippen molar-refractivity contribution < 1.29 is 4.79 Å². The van der Waals surface area contributed by atoms with Gasteiger partial charge in [0.2, 0.25) is 0 Å². The minimum atomic E-state index is -0.196.